The highest BCUT2D eigenvalue weighted by atomic mass is 16.4. The molecule has 1 aliphatic rings. The Hall–Kier alpha value is -1.36. The standard InChI is InChI=1S/C11H17N3O2/c1-11(5-3-4-6-14(11)2)9-7-8(10(15)16)12-13-9/h7H,3-6H2,1-2H3,(H,12,13)(H,15,16). The summed E-state index contributed by atoms with van der Waals surface area (Å²) >= 11 is 0. The van der Waals surface area contributed by atoms with E-state index in [0.29, 0.717) is 0 Å². The van der Waals surface area contributed by atoms with Crippen LogP contribution in [0.1, 0.15) is 42.4 Å². The van der Waals surface area contributed by atoms with Gasteiger partial charge in [-0.25, -0.2) is 4.79 Å². The van der Waals surface area contributed by atoms with E-state index in [-0.39, 0.29) is 11.2 Å². The Kier molecular flexibility index (Phi) is 2.71. The molecule has 1 atom stereocenters. The highest BCUT2D eigenvalue weighted by Gasteiger charge is 2.35. The topological polar surface area (TPSA) is 69.2 Å². The maximum absolute atomic E-state index is 10.8. The maximum Gasteiger partial charge on any atom is 0.356 e. The van der Waals surface area contributed by atoms with Gasteiger partial charge in [0.1, 0.15) is 0 Å². The summed E-state index contributed by atoms with van der Waals surface area (Å²) in [6.45, 7) is 3.17. The Balaban J connectivity index is 2.30. The van der Waals surface area contributed by atoms with Crippen LogP contribution in [-0.2, 0) is 5.54 Å². The maximum atomic E-state index is 10.8. The third-order valence-corrected chi connectivity index (χ3v) is 3.63. The number of aromatic amines is 1. The molecule has 1 unspecified atom stereocenters. The van der Waals surface area contributed by atoms with Crippen molar-refractivity contribution in [1.82, 2.24) is 15.1 Å². The molecule has 0 bridgehead atoms. The van der Waals surface area contributed by atoms with Gasteiger partial charge in [-0.05, 0) is 45.8 Å². The Bertz CT molecular complexity index is 402. The zero-order valence-electron chi connectivity index (χ0n) is 9.66. The summed E-state index contributed by atoms with van der Waals surface area (Å²) in [6, 6.07) is 1.64. The second-order valence-corrected chi connectivity index (χ2v) is 4.62. The predicted molar refractivity (Wildman–Crippen MR) is 59.4 cm³/mol. The van der Waals surface area contributed by atoms with Crippen LogP contribution in [0.2, 0.25) is 0 Å². The van der Waals surface area contributed by atoms with Crippen molar-refractivity contribution in [2.24, 2.45) is 0 Å². The van der Waals surface area contributed by atoms with Gasteiger partial charge >= 0.3 is 5.97 Å². The van der Waals surface area contributed by atoms with Gasteiger partial charge in [0, 0.05) is 0 Å². The molecule has 2 heterocycles. The minimum absolute atomic E-state index is 0.0928. The summed E-state index contributed by atoms with van der Waals surface area (Å²) in [4.78, 5) is 13.0. The van der Waals surface area contributed by atoms with Crippen LogP contribution >= 0.6 is 0 Å². The van der Waals surface area contributed by atoms with E-state index in [0.717, 1.165) is 18.7 Å². The Morgan fingerprint density at radius 3 is 2.94 bits per heavy atom. The van der Waals surface area contributed by atoms with E-state index in [4.69, 9.17) is 5.11 Å². The van der Waals surface area contributed by atoms with Crippen molar-refractivity contribution < 1.29 is 9.90 Å². The van der Waals surface area contributed by atoms with Gasteiger partial charge in [0.25, 0.3) is 0 Å². The molecule has 5 nitrogen and oxygen atoms in total. The molecule has 0 aliphatic carbocycles. The van der Waals surface area contributed by atoms with Crippen molar-refractivity contribution in [2.75, 3.05) is 13.6 Å². The average Bonchev–Trinajstić information content (AvgIpc) is 2.72. The van der Waals surface area contributed by atoms with E-state index >= 15 is 0 Å². The molecule has 1 aromatic rings. The minimum Gasteiger partial charge on any atom is -0.476 e. The molecule has 88 valence electrons. The first-order chi connectivity index (χ1) is 7.54. The van der Waals surface area contributed by atoms with Crippen LogP contribution in [-0.4, -0.2) is 39.8 Å². The average molecular weight is 223 g/mol. The van der Waals surface area contributed by atoms with Crippen molar-refractivity contribution in [3.8, 4) is 0 Å². The summed E-state index contributed by atoms with van der Waals surface area (Å²) in [5.41, 5.74) is 0.876. The molecule has 2 N–H and O–H groups in total. The zero-order valence-corrected chi connectivity index (χ0v) is 9.66. The number of piperidine rings is 1. The highest BCUT2D eigenvalue weighted by molar-refractivity contribution is 5.85. The number of carboxylic acids is 1. The van der Waals surface area contributed by atoms with Crippen molar-refractivity contribution >= 4 is 5.97 Å². The summed E-state index contributed by atoms with van der Waals surface area (Å²) in [6.07, 6.45) is 3.40. The van der Waals surface area contributed by atoms with Crippen LogP contribution in [0.3, 0.4) is 0 Å². The smallest absolute Gasteiger partial charge is 0.356 e. The lowest BCUT2D eigenvalue weighted by molar-refractivity contribution is 0.0690. The number of likely N-dealkylation sites (tertiary alicyclic amines) is 1. The quantitative estimate of drug-likeness (QED) is 0.796. The summed E-state index contributed by atoms with van der Waals surface area (Å²) < 4.78 is 0. The highest BCUT2D eigenvalue weighted by Crippen LogP contribution is 2.35. The fraction of sp³-hybridized carbons (Fsp3) is 0.636. The third kappa shape index (κ3) is 1.71. The van der Waals surface area contributed by atoms with Crippen LogP contribution in [0.4, 0.5) is 0 Å². The molecule has 0 amide bonds. The number of nitrogens with one attached hydrogen (secondary N) is 1. The molecule has 1 saturated heterocycles. The van der Waals surface area contributed by atoms with Gasteiger partial charge in [0.2, 0.25) is 0 Å². The van der Waals surface area contributed by atoms with Gasteiger partial charge in [0.15, 0.2) is 5.69 Å². The third-order valence-electron chi connectivity index (χ3n) is 3.63. The van der Waals surface area contributed by atoms with Gasteiger partial charge in [0.05, 0.1) is 11.2 Å². The zero-order chi connectivity index (χ0) is 11.8. The van der Waals surface area contributed by atoms with Crippen LogP contribution in [0, 0.1) is 0 Å². The van der Waals surface area contributed by atoms with Crippen LogP contribution in [0.25, 0.3) is 0 Å². The number of hydrogen-bond acceptors (Lipinski definition) is 3. The molecular formula is C11H17N3O2. The normalized spacial score (nSPS) is 26.9. The number of aromatic nitrogens is 2. The molecular weight excluding hydrogens is 206 g/mol. The number of hydrogen-bond donors (Lipinski definition) is 2. The van der Waals surface area contributed by atoms with Gasteiger partial charge < -0.3 is 5.11 Å². The molecule has 1 aliphatic heterocycles. The summed E-state index contributed by atoms with van der Waals surface area (Å²) in [7, 11) is 2.07. The second-order valence-electron chi connectivity index (χ2n) is 4.62. The lowest BCUT2D eigenvalue weighted by atomic mass is 9.86. The summed E-state index contributed by atoms with van der Waals surface area (Å²) in [5.74, 6) is -0.982. The molecule has 5 heteroatoms. The molecule has 1 aromatic heterocycles. The fourth-order valence-corrected chi connectivity index (χ4v) is 2.30. The van der Waals surface area contributed by atoms with Gasteiger partial charge in [-0.3, -0.25) is 10.00 Å². The Morgan fingerprint density at radius 1 is 1.62 bits per heavy atom. The predicted octanol–water partition coefficient (Wildman–Crippen LogP) is 1.44. The molecule has 16 heavy (non-hydrogen) atoms. The molecule has 2 rings (SSSR count). The molecule has 0 saturated carbocycles. The monoisotopic (exact) mass is 223 g/mol. The number of rotatable bonds is 2. The van der Waals surface area contributed by atoms with E-state index in [1.807, 2.05) is 0 Å². The number of carboxylic acid groups (broad SMARTS) is 1. The number of aromatic carboxylic acids is 1. The lowest BCUT2D eigenvalue weighted by Crippen LogP contribution is -2.45. The fourth-order valence-electron chi connectivity index (χ4n) is 2.30. The van der Waals surface area contributed by atoms with Crippen LogP contribution < -0.4 is 0 Å². The molecule has 0 spiro atoms. The van der Waals surface area contributed by atoms with Gasteiger partial charge in [-0.2, -0.15) is 5.10 Å². The van der Waals surface area contributed by atoms with Crippen molar-refractivity contribution in [1.29, 1.82) is 0 Å². The largest absolute Gasteiger partial charge is 0.476 e. The Morgan fingerprint density at radius 2 is 2.38 bits per heavy atom. The molecule has 0 aromatic carbocycles. The van der Waals surface area contributed by atoms with E-state index < -0.39 is 5.97 Å². The van der Waals surface area contributed by atoms with Gasteiger partial charge in [-0.1, -0.05) is 0 Å². The van der Waals surface area contributed by atoms with E-state index in [1.54, 1.807) is 6.07 Å². The lowest BCUT2D eigenvalue weighted by Gasteiger charge is -2.41. The number of carbonyl (C=O) groups is 1. The first-order valence-electron chi connectivity index (χ1n) is 5.54. The van der Waals surface area contributed by atoms with Crippen molar-refractivity contribution in [3.05, 3.63) is 17.5 Å². The van der Waals surface area contributed by atoms with E-state index in [1.165, 1.54) is 12.8 Å². The summed E-state index contributed by atoms with van der Waals surface area (Å²) in [5, 5.41) is 15.5. The molecule has 1 fully saturated rings. The van der Waals surface area contributed by atoms with Crippen molar-refractivity contribution in [2.45, 2.75) is 31.7 Å². The second kappa shape index (κ2) is 3.90. The number of H-pyrrole nitrogens is 1. The van der Waals surface area contributed by atoms with Crippen LogP contribution in [0.15, 0.2) is 6.07 Å². The van der Waals surface area contributed by atoms with Crippen LogP contribution in [0.5, 0.6) is 0 Å². The minimum atomic E-state index is -0.982. The molecule has 0 radical (unpaired) electrons. The SMILES string of the molecule is CN1CCCCC1(C)c1cc(C(=O)O)n[nH]1. The Labute approximate surface area is 94.5 Å². The number of nitrogens with zero attached hydrogens (tertiary/aromatic N) is 2. The first-order valence-corrected chi connectivity index (χ1v) is 5.54. The van der Waals surface area contributed by atoms with Crippen molar-refractivity contribution in [3.63, 3.8) is 0 Å². The van der Waals surface area contributed by atoms with E-state index in [2.05, 4.69) is 29.1 Å². The van der Waals surface area contributed by atoms with Gasteiger partial charge in [-0.15, -0.1) is 0 Å². The van der Waals surface area contributed by atoms with E-state index in [9.17, 15) is 4.79 Å². The first kappa shape index (κ1) is 11.1.